The van der Waals surface area contributed by atoms with Crippen molar-refractivity contribution in [3.63, 3.8) is 0 Å². The molecule has 40 valence electrons. The first-order valence-corrected chi connectivity index (χ1v) is 3.00. The molecule has 0 saturated heterocycles. The first kappa shape index (κ1) is 4.03. The number of nitrogens with zero attached hydrogens (tertiary/aromatic N) is 2. The zero-order chi connectivity index (χ0) is 5.40. The Bertz CT molecular complexity index is 235. The molecule has 0 aliphatic heterocycles. The van der Waals surface area contributed by atoms with Crippen molar-refractivity contribution in [1.29, 1.82) is 0 Å². The van der Waals surface area contributed by atoms with Crippen LogP contribution in [0.5, 0.6) is 0 Å². The van der Waals surface area contributed by atoms with Crippen molar-refractivity contribution in [1.82, 2.24) is 10.3 Å². The molecule has 3 nitrogen and oxygen atoms in total. The Morgan fingerprint density at radius 3 is 3.38 bits per heavy atom. The first-order valence-electron chi connectivity index (χ1n) is 2.12. The van der Waals surface area contributed by atoms with Gasteiger partial charge in [-0.15, -0.1) is 11.3 Å². The summed E-state index contributed by atoms with van der Waals surface area (Å²) < 4.78 is 4.42. The molecule has 2 aromatic rings. The number of hydrogen-bond donors (Lipinski definition) is 0. The lowest BCUT2D eigenvalue weighted by Crippen LogP contribution is -1.49. The second-order valence-corrected chi connectivity index (χ2v) is 2.27. The van der Waals surface area contributed by atoms with Crippen molar-refractivity contribution in [3.05, 3.63) is 11.4 Å². The van der Waals surface area contributed by atoms with Crippen LogP contribution >= 0.6 is 11.3 Å². The fourth-order valence-corrected chi connectivity index (χ4v) is 1.16. The molecule has 0 bridgehead atoms. The smallest absolute Gasteiger partial charge is 0.188 e. The van der Waals surface area contributed by atoms with Crippen LogP contribution < -0.4 is 0 Å². The maximum Gasteiger partial charge on any atom is 0.188 e. The molecule has 4 heteroatoms. The quantitative estimate of drug-likeness (QED) is 0.533. The molecule has 0 radical (unpaired) electrons. The van der Waals surface area contributed by atoms with Gasteiger partial charge in [-0.2, -0.15) is 0 Å². The SMILES string of the molecule is c1cc2nonc2s1. The molecule has 0 aliphatic carbocycles. The molecule has 0 fully saturated rings. The number of aromatic nitrogens is 2. The Morgan fingerprint density at radius 2 is 2.50 bits per heavy atom. The van der Waals surface area contributed by atoms with E-state index in [1.54, 1.807) is 0 Å². The third-order valence-corrected chi connectivity index (χ3v) is 1.67. The van der Waals surface area contributed by atoms with E-state index in [0.29, 0.717) is 0 Å². The van der Waals surface area contributed by atoms with Gasteiger partial charge in [-0.25, -0.2) is 4.63 Å². The molecule has 2 heterocycles. The van der Waals surface area contributed by atoms with Crippen molar-refractivity contribution in [2.75, 3.05) is 0 Å². The van der Waals surface area contributed by atoms with E-state index >= 15 is 0 Å². The van der Waals surface area contributed by atoms with Crippen LogP contribution in [0.15, 0.2) is 16.1 Å². The van der Waals surface area contributed by atoms with Gasteiger partial charge < -0.3 is 0 Å². The average molecular weight is 126 g/mol. The Balaban J connectivity index is 3.06. The van der Waals surface area contributed by atoms with E-state index in [1.807, 2.05) is 11.4 Å². The van der Waals surface area contributed by atoms with Crippen molar-refractivity contribution >= 4 is 21.7 Å². The van der Waals surface area contributed by atoms with E-state index in [4.69, 9.17) is 0 Å². The van der Waals surface area contributed by atoms with Crippen molar-refractivity contribution < 1.29 is 4.63 Å². The Labute approximate surface area is 48.9 Å². The van der Waals surface area contributed by atoms with Crippen LogP contribution in [0.2, 0.25) is 0 Å². The number of hydrogen-bond acceptors (Lipinski definition) is 4. The molecule has 2 aromatic heterocycles. The van der Waals surface area contributed by atoms with Crippen LogP contribution in [0.4, 0.5) is 0 Å². The van der Waals surface area contributed by atoms with Crippen LogP contribution in [0.3, 0.4) is 0 Å². The lowest BCUT2D eigenvalue weighted by atomic mass is 10.6. The van der Waals surface area contributed by atoms with Crippen LogP contribution in [-0.4, -0.2) is 10.3 Å². The lowest BCUT2D eigenvalue weighted by molar-refractivity contribution is 0.316. The van der Waals surface area contributed by atoms with Gasteiger partial charge in [0, 0.05) is 0 Å². The van der Waals surface area contributed by atoms with E-state index in [9.17, 15) is 0 Å². The topological polar surface area (TPSA) is 38.9 Å². The molecule has 0 amide bonds. The molecule has 0 spiro atoms. The standard InChI is InChI=1S/C4H2N2OS/c1-2-8-4-3(1)5-7-6-4/h1-2H. The molecular formula is C4H2N2OS. The monoisotopic (exact) mass is 126 g/mol. The lowest BCUT2D eigenvalue weighted by Gasteiger charge is -1.55. The summed E-state index contributed by atoms with van der Waals surface area (Å²) in [4.78, 5) is 0.866. The van der Waals surface area contributed by atoms with Gasteiger partial charge in [-0.05, 0) is 21.8 Å². The zero-order valence-corrected chi connectivity index (χ0v) is 4.68. The van der Waals surface area contributed by atoms with Gasteiger partial charge in [0.05, 0.1) is 0 Å². The maximum atomic E-state index is 4.42. The molecule has 0 saturated carbocycles. The Kier molecular flexibility index (Phi) is 0.648. The van der Waals surface area contributed by atoms with Crippen molar-refractivity contribution in [2.45, 2.75) is 0 Å². The highest BCUT2D eigenvalue weighted by molar-refractivity contribution is 7.16. The molecule has 8 heavy (non-hydrogen) atoms. The normalized spacial score (nSPS) is 10.5. The highest BCUT2D eigenvalue weighted by Gasteiger charge is 1.96. The minimum absolute atomic E-state index is 0.843. The predicted molar refractivity (Wildman–Crippen MR) is 29.7 cm³/mol. The molecule has 0 N–H and O–H groups in total. The fraction of sp³-hybridized carbons (Fsp3) is 0. The third kappa shape index (κ3) is 0.376. The predicted octanol–water partition coefficient (Wildman–Crippen LogP) is 1.28. The summed E-state index contributed by atoms with van der Waals surface area (Å²) in [5.74, 6) is 0. The number of fused-ring (bicyclic) bond motifs is 1. The second kappa shape index (κ2) is 1.29. The Morgan fingerprint density at radius 1 is 1.50 bits per heavy atom. The van der Waals surface area contributed by atoms with Gasteiger partial charge in [-0.1, -0.05) is 0 Å². The van der Waals surface area contributed by atoms with E-state index in [1.165, 1.54) is 11.3 Å². The first-order chi connectivity index (χ1) is 3.97. The molecule has 0 aliphatic rings. The van der Waals surface area contributed by atoms with Crippen LogP contribution in [0.25, 0.3) is 10.3 Å². The highest BCUT2D eigenvalue weighted by atomic mass is 32.1. The van der Waals surface area contributed by atoms with E-state index in [2.05, 4.69) is 14.9 Å². The summed E-state index contributed by atoms with van der Waals surface area (Å²) in [5.41, 5.74) is 0.843. The summed E-state index contributed by atoms with van der Waals surface area (Å²) in [5, 5.41) is 9.14. The van der Waals surface area contributed by atoms with Gasteiger partial charge >= 0.3 is 0 Å². The molecular weight excluding hydrogens is 124 g/mol. The third-order valence-electron chi connectivity index (χ3n) is 0.888. The summed E-state index contributed by atoms with van der Waals surface area (Å²) in [7, 11) is 0. The maximum absolute atomic E-state index is 4.42. The van der Waals surface area contributed by atoms with E-state index < -0.39 is 0 Å². The van der Waals surface area contributed by atoms with Gasteiger partial charge in [0.25, 0.3) is 0 Å². The van der Waals surface area contributed by atoms with Gasteiger partial charge in [-0.3, -0.25) is 0 Å². The van der Waals surface area contributed by atoms with E-state index in [-0.39, 0.29) is 0 Å². The highest BCUT2D eigenvalue weighted by Crippen LogP contribution is 2.14. The van der Waals surface area contributed by atoms with Crippen LogP contribution in [0.1, 0.15) is 0 Å². The minimum atomic E-state index is 0.843. The van der Waals surface area contributed by atoms with Gasteiger partial charge in [0.15, 0.2) is 4.83 Å². The summed E-state index contributed by atoms with van der Waals surface area (Å²) >= 11 is 1.53. The fourth-order valence-electron chi connectivity index (χ4n) is 0.534. The molecule has 0 atom stereocenters. The van der Waals surface area contributed by atoms with Gasteiger partial charge in [0.1, 0.15) is 5.52 Å². The largest absolute Gasteiger partial charge is 0.242 e. The molecule has 0 aromatic carbocycles. The molecule has 2 rings (SSSR count). The summed E-state index contributed by atoms with van der Waals surface area (Å²) in [6.45, 7) is 0. The van der Waals surface area contributed by atoms with Gasteiger partial charge in [0.2, 0.25) is 0 Å². The number of rotatable bonds is 0. The van der Waals surface area contributed by atoms with Crippen molar-refractivity contribution in [2.24, 2.45) is 0 Å². The zero-order valence-electron chi connectivity index (χ0n) is 3.87. The van der Waals surface area contributed by atoms with E-state index in [0.717, 1.165) is 10.3 Å². The van der Waals surface area contributed by atoms with Crippen LogP contribution in [-0.2, 0) is 0 Å². The van der Waals surface area contributed by atoms with Crippen molar-refractivity contribution in [3.8, 4) is 0 Å². The molecule has 0 unspecified atom stereocenters. The number of thiophene rings is 1. The Hall–Kier alpha value is -0.900. The van der Waals surface area contributed by atoms with Crippen LogP contribution in [0, 0.1) is 0 Å². The summed E-state index contributed by atoms with van der Waals surface area (Å²) in [6, 6.07) is 1.87. The average Bonchev–Trinajstić information content (AvgIpc) is 2.15. The minimum Gasteiger partial charge on any atom is -0.242 e. The second-order valence-electron chi connectivity index (χ2n) is 1.38. The summed E-state index contributed by atoms with van der Waals surface area (Å²) in [6.07, 6.45) is 0.